The summed E-state index contributed by atoms with van der Waals surface area (Å²) in [6.07, 6.45) is 1.99. The predicted octanol–water partition coefficient (Wildman–Crippen LogP) is 3.29. The lowest BCUT2D eigenvalue weighted by molar-refractivity contribution is -0.141. The van der Waals surface area contributed by atoms with Crippen LogP contribution in [0.1, 0.15) is 30.4 Å². The van der Waals surface area contributed by atoms with E-state index in [1.165, 1.54) is 0 Å². The lowest BCUT2D eigenvalue weighted by atomic mass is 10.0. The number of carbonyl (C=O) groups is 2. The van der Waals surface area contributed by atoms with Gasteiger partial charge in [-0.15, -0.1) is 0 Å². The third kappa shape index (κ3) is 4.16. The average molecular weight is 403 g/mol. The van der Waals surface area contributed by atoms with Gasteiger partial charge in [-0.2, -0.15) is 5.26 Å². The molecular weight excluding hydrogens is 378 g/mol. The summed E-state index contributed by atoms with van der Waals surface area (Å²) in [5.74, 6) is -0.0790. The first-order valence-electron chi connectivity index (χ1n) is 10.4. The molecule has 0 aliphatic carbocycles. The van der Waals surface area contributed by atoms with Crippen molar-refractivity contribution in [3.63, 3.8) is 0 Å². The van der Waals surface area contributed by atoms with Crippen molar-refractivity contribution >= 4 is 17.5 Å². The Morgan fingerprint density at radius 2 is 1.80 bits per heavy atom. The first kappa shape index (κ1) is 20.0. The van der Waals surface area contributed by atoms with Gasteiger partial charge >= 0.3 is 0 Å². The van der Waals surface area contributed by atoms with Gasteiger partial charge in [0.15, 0.2) is 0 Å². The van der Waals surface area contributed by atoms with E-state index < -0.39 is 5.92 Å². The van der Waals surface area contributed by atoms with Crippen molar-refractivity contribution in [2.75, 3.05) is 24.5 Å². The number of likely N-dealkylation sites (tertiary alicyclic amines) is 1. The van der Waals surface area contributed by atoms with E-state index in [0.717, 1.165) is 11.3 Å². The molecule has 2 saturated heterocycles. The molecule has 0 radical (unpaired) electrons. The van der Waals surface area contributed by atoms with Crippen LogP contribution in [-0.4, -0.2) is 42.5 Å². The second-order valence-corrected chi connectivity index (χ2v) is 7.95. The Morgan fingerprint density at radius 3 is 2.50 bits per heavy atom. The lowest BCUT2D eigenvalue weighted by Crippen LogP contribution is -2.46. The number of nitrogens with zero attached hydrogens (tertiary/aromatic N) is 3. The van der Waals surface area contributed by atoms with Crippen molar-refractivity contribution in [3.05, 3.63) is 59.7 Å². The fourth-order valence-corrected chi connectivity index (χ4v) is 4.14. The van der Waals surface area contributed by atoms with Gasteiger partial charge in [-0.05, 0) is 43.7 Å². The van der Waals surface area contributed by atoms with E-state index in [2.05, 4.69) is 6.07 Å². The summed E-state index contributed by atoms with van der Waals surface area (Å²) < 4.78 is 5.99. The molecule has 154 valence electrons. The SMILES string of the molecule is Cc1ccc(N2CCC(C(=O)N3CCC(Oc4cccc(C#N)c4)CC3)C2=O)cc1. The van der Waals surface area contributed by atoms with Crippen LogP contribution >= 0.6 is 0 Å². The van der Waals surface area contributed by atoms with Crippen LogP contribution in [0.5, 0.6) is 5.75 Å². The quantitative estimate of drug-likeness (QED) is 0.735. The normalized spacial score (nSPS) is 19.6. The number of hydrogen-bond acceptors (Lipinski definition) is 4. The highest BCUT2D eigenvalue weighted by Crippen LogP contribution is 2.28. The van der Waals surface area contributed by atoms with Gasteiger partial charge in [-0.25, -0.2) is 0 Å². The summed E-state index contributed by atoms with van der Waals surface area (Å²) in [5.41, 5.74) is 2.56. The van der Waals surface area contributed by atoms with Crippen molar-refractivity contribution in [2.24, 2.45) is 5.92 Å². The molecule has 6 nitrogen and oxygen atoms in total. The number of nitriles is 1. The Labute approximate surface area is 176 Å². The highest BCUT2D eigenvalue weighted by atomic mass is 16.5. The molecule has 0 spiro atoms. The van der Waals surface area contributed by atoms with Gasteiger partial charge in [-0.1, -0.05) is 23.8 Å². The molecule has 1 atom stereocenters. The van der Waals surface area contributed by atoms with E-state index in [-0.39, 0.29) is 17.9 Å². The standard InChI is InChI=1S/C24H25N3O3/c1-17-5-7-19(8-6-17)27-14-11-22(24(27)29)23(28)26-12-9-20(10-13-26)30-21-4-2-3-18(15-21)16-25/h2-8,15,20,22H,9-14H2,1H3. The van der Waals surface area contributed by atoms with Gasteiger partial charge in [-0.3, -0.25) is 9.59 Å². The highest BCUT2D eigenvalue weighted by molar-refractivity contribution is 6.09. The average Bonchev–Trinajstić information content (AvgIpc) is 3.16. The van der Waals surface area contributed by atoms with Crippen LogP contribution < -0.4 is 9.64 Å². The second-order valence-electron chi connectivity index (χ2n) is 7.95. The van der Waals surface area contributed by atoms with Crippen LogP contribution in [0.4, 0.5) is 5.69 Å². The molecule has 1 unspecified atom stereocenters. The molecule has 2 fully saturated rings. The number of aryl methyl sites for hydroxylation is 1. The Balaban J connectivity index is 1.32. The number of amides is 2. The highest BCUT2D eigenvalue weighted by Gasteiger charge is 2.40. The maximum absolute atomic E-state index is 13.0. The summed E-state index contributed by atoms with van der Waals surface area (Å²) in [6, 6.07) is 17.1. The largest absolute Gasteiger partial charge is 0.490 e. The zero-order valence-electron chi connectivity index (χ0n) is 17.1. The summed E-state index contributed by atoms with van der Waals surface area (Å²) in [5, 5.41) is 9.01. The fraction of sp³-hybridized carbons (Fsp3) is 0.375. The lowest BCUT2D eigenvalue weighted by Gasteiger charge is -2.33. The van der Waals surface area contributed by atoms with Gasteiger partial charge in [0.05, 0.1) is 11.6 Å². The molecule has 2 aromatic carbocycles. The van der Waals surface area contributed by atoms with Gasteiger partial charge in [0, 0.05) is 38.2 Å². The van der Waals surface area contributed by atoms with Crippen molar-refractivity contribution in [1.29, 1.82) is 5.26 Å². The van der Waals surface area contributed by atoms with Crippen molar-refractivity contribution in [2.45, 2.75) is 32.3 Å². The van der Waals surface area contributed by atoms with Gasteiger partial charge < -0.3 is 14.5 Å². The van der Waals surface area contributed by atoms with Gasteiger partial charge in [0.2, 0.25) is 11.8 Å². The van der Waals surface area contributed by atoms with Gasteiger partial charge in [0.25, 0.3) is 0 Å². The molecule has 4 rings (SSSR count). The van der Waals surface area contributed by atoms with Crippen LogP contribution in [0.25, 0.3) is 0 Å². The zero-order chi connectivity index (χ0) is 21.1. The third-order valence-electron chi connectivity index (χ3n) is 5.87. The number of anilines is 1. The van der Waals surface area contributed by atoms with Crippen molar-refractivity contribution in [1.82, 2.24) is 4.90 Å². The summed E-state index contributed by atoms with van der Waals surface area (Å²) in [7, 11) is 0. The Morgan fingerprint density at radius 1 is 1.07 bits per heavy atom. The van der Waals surface area contributed by atoms with E-state index in [1.807, 2.05) is 37.3 Å². The summed E-state index contributed by atoms with van der Waals surface area (Å²) in [6.45, 7) is 3.74. The molecule has 6 heteroatoms. The van der Waals surface area contributed by atoms with E-state index in [4.69, 9.17) is 10.00 Å². The molecule has 0 aromatic heterocycles. The number of hydrogen-bond donors (Lipinski definition) is 0. The minimum atomic E-state index is -0.587. The smallest absolute Gasteiger partial charge is 0.239 e. The van der Waals surface area contributed by atoms with Crippen LogP contribution in [-0.2, 0) is 9.59 Å². The first-order valence-corrected chi connectivity index (χ1v) is 10.4. The molecule has 2 aliphatic rings. The Hall–Kier alpha value is -3.33. The summed E-state index contributed by atoms with van der Waals surface area (Å²) in [4.78, 5) is 29.4. The fourth-order valence-electron chi connectivity index (χ4n) is 4.14. The number of carbonyl (C=O) groups excluding carboxylic acids is 2. The number of benzene rings is 2. The second kappa shape index (κ2) is 8.58. The van der Waals surface area contributed by atoms with E-state index >= 15 is 0 Å². The van der Waals surface area contributed by atoms with E-state index in [0.29, 0.717) is 50.2 Å². The van der Waals surface area contributed by atoms with Crippen molar-refractivity contribution < 1.29 is 14.3 Å². The number of piperidine rings is 1. The summed E-state index contributed by atoms with van der Waals surface area (Å²) >= 11 is 0. The van der Waals surface area contributed by atoms with E-state index in [1.54, 1.807) is 28.0 Å². The van der Waals surface area contributed by atoms with Crippen molar-refractivity contribution in [3.8, 4) is 11.8 Å². The maximum Gasteiger partial charge on any atom is 0.239 e. The predicted molar refractivity (Wildman–Crippen MR) is 113 cm³/mol. The van der Waals surface area contributed by atoms with Crippen LogP contribution in [0.2, 0.25) is 0 Å². The van der Waals surface area contributed by atoms with E-state index in [9.17, 15) is 9.59 Å². The molecule has 2 heterocycles. The minimum absolute atomic E-state index is 0.00586. The monoisotopic (exact) mass is 403 g/mol. The molecule has 30 heavy (non-hydrogen) atoms. The minimum Gasteiger partial charge on any atom is -0.490 e. The van der Waals surface area contributed by atoms with Gasteiger partial charge in [0.1, 0.15) is 17.8 Å². The molecule has 2 aromatic rings. The number of ether oxygens (including phenoxy) is 1. The molecule has 0 bridgehead atoms. The topological polar surface area (TPSA) is 73.6 Å². The maximum atomic E-state index is 13.0. The molecular formula is C24H25N3O3. The molecule has 0 saturated carbocycles. The Bertz CT molecular complexity index is 972. The third-order valence-corrected chi connectivity index (χ3v) is 5.87. The molecule has 2 aliphatic heterocycles. The molecule has 0 N–H and O–H groups in total. The first-order chi connectivity index (χ1) is 14.5. The Kier molecular flexibility index (Phi) is 5.71. The van der Waals surface area contributed by atoms with Crippen LogP contribution in [0, 0.1) is 24.2 Å². The van der Waals surface area contributed by atoms with Crippen LogP contribution in [0.15, 0.2) is 48.5 Å². The zero-order valence-corrected chi connectivity index (χ0v) is 17.1. The molecule has 2 amide bonds. The van der Waals surface area contributed by atoms with Crippen LogP contribution in [0.3, 0.4) is 0 Å². The number of rotatable bonds is 4.